The lowest BCUT2D eigenvalue weighted by Crippen LogP contribution is -2.29. The lowest BCUT2D eigenvalue weighted by molar-refractivity contribution is 0.399. The van der Waals surface area contributed by atoms with E-state index in [1.54, 1.807) is 0 Å². The summed E-state index contributed by atoms with van der Waals surface area (Å²) in [5, 5.41) is 11.8. The first-order valence-electron chi connectivity index (χ1n) is 5.95. The highest BCUT2D eigenvalue weighted by Crippen LogP contribution is 2.29. The summed E-state index contributed by atoms with van der Waals surface area (Å²) in [6, 6.07) is 4.48. The number of nitrogens with one attached hydrogen (secondary N) is 1. The molecule has 3 nitrogen and oxygen atoms in total. The van der Waals surface area contributed by atoms with Crippen molar-refractivity contribution in [3.63, 3.8) is 0 Å². The van der Waals surface area contributed by atoms with Crippen LogP contribution in [-0.2, 0) is 6.42 Å². The van der Waals surface area contributed by atoms with Gasteiger partial charge in [0.1, 0.15) is 0 Å². The standard InChI is InChI=1S/C12H18ClN3/c1-14-11-4-2-3-9(11)5-6-10-7-8-12(13)16-15-10/h7-9,11,14H,2-6H2,1H3/t9-,11?/m0/s1. The second-order valence-corrected chi connectivity index (χ2v) is 4.86. The summed E-state index contributed by atoms with van der Waals surface area (Å²) >= 11 is 5.70. The molecule has 0 aromatic carbocycles. The van der Waals surface area contributed by atoms with Gasteiger partial charge in [0.25, 0.3) is 0 Å². The Morgan fingerprint density at radius 1 is 1.38 bits per heavy atom. The molecule has 1 fully saturated rings. The molecule has 2 rings (SSSR count). The Labute approximate surface area is 102 Å². The van der Waals surface area contributed by atoms with Crippen molar-refractivity contribution < 1.29 is 0 Å². The predicted octanol–water partition coefficient (Wildman–Crippen LogP) is 2.45. The molecule has 0 spiro atoms. The first kappa shape index (κ1) is 11.8. The van der Waals surface area contributed by atoms with E-state index in [-0.39, 0.29) is 0 Å². The zero-order valence-electron chi connectivity index (χ0n) is 9.62. The van der Waals surface area contributed by atoms with Gasteiger partial charge in [-0.15, -0.1) is 5.10 Å². The van der Waals surface area contributed by atoms with E-state index in [1.807, 2.05) is 12.1 Å². The Balaban J connectivity index is 1.85. The quantitative estimate of drug-likeness (QED) is 0.877. The van der Waals surface area contributed by atoms with Crippen molar-refractivity contribution in [1.29, 1.82) is 0 Å². The number of hydrogen-bond donors (Lipinski definition) is 1. The molecule has 0 amide bonds. The number of aryl methyl sites for hydroxylation is 1. The zero-order chi connectivity index (χ0) is 11.4. The minimum absolute atomic E-state index is 0.470. The second kappa shape index (κ2) is 5.60. The van der Waals surface area contributed by atoms with Crippen LogP contribution in [0.4, 0.5) is 0 Å². The highest BCUT2D eigenvalue weighted by Gasteiger charge is 2.25. The molecule has 0 aliphatic heterocycles. The Morgan fingerprint density at radius 2 is 2.25 bits per heavy atom. The SMILES string of the molecule is CNC1CCC[C@H]1CCc1ccc(Cl)nn1. The fourth-order valence-corrected chi connectivity index (χ4v) is 2.67. The van der Waals surface area contributed by atoms with Gasteiger partial charge in [-0.05, 0) is 50.8 Å². The number of hydrogen-bond acceptors (Lipinski definition) is 3. The van der Waals surface area contributed by atoms with Gasteiger partial charge in [-0.3, -0.25) is 0 Å². The molecule has 1 aliphatic carbocycles. The van der Waals surface area contributed by atoms with E-state index in [0.29, 0.717) is 11.2 Å². The average molecular weight is 240 g/mol. The summed E-state index contributed by atoms with van der Waals surface area (Å²) in [4.78, 5) is 0. The third-order valence-corrected chi connectivity index (χ3v) is 3.69. The van der Waals surface area contributed by atoms with Gasteiger partial charge < -0.3 is 5.32 Å². The third kappa shape index (κ3) is 2.92. The Hall–Kier alpha value is -0.670. The summed E-state index contributed by atoms with van der Waals surface area (Å²) in [6.45, 7) is 0. The van der Waals surface area contributed by atoms with Crippen LogP contribution >= 0.6 is 11.6 Å². The lowest BCUT2D eigenvalue weighted by Gasteiger charge is -2.18. The average Bonchev–Trinajstić information content (AvgIpc) is 2.76. The molecule has 88 valence electrons. The van der Waals surface area contributed by atoms with Crippen LogP contribution in [0, 0.1) is 5.92 Å². The third-order valence-electron chi connectivity index (χ3n) is 3.49. The Morgan fingerprint density at radius 3 is 2.94 bits per heavy atom. The maximum Gasteiger partial charge on any atom is 0.151 e. The van der Waals surface area contributed by atoms with Crippen LogP contribution in [0.2, 0.25) is 5.15 Å². The van der Waals surface area contributed by atoms with Crippen LogP contribution in [0.25, 0.3) is 0 Å². The maximum absolute atomic E-state index is 5.70. The van der Waals surface area contributed by atoms with Crippen molar-refractivity contribution in [2.75, 3.05) is 7.05 Å². The van der Waals surface area contributed by atoms with Crippen LogP contribution in [-0.4, -0.2) is 23.3 Å². The summed E-state index contributed by atoms with van der Waals surface area (Å²) < 4.78 is 0. The summed E-state index contributed by atoms with van der Waals surface area (Å²) in [5.74, 6) is 0.794. The fraction of sp³-hybridized carbons (Fsp3) is 0.667. The lowest BCUT2D eigenvalue weighted by atomic mass is 9.97. The van der Waals surface area contributed by atoms with Crippen molar-refractivity contribution in [2.45, 2.75) is 38.1 Å². The van der Waals surface area contributed by atoms with Crippen molar-refractivity contribution >= 4 is 11.6 Å². The van der Waals surface area contributed by atoms with Crippen molar-refractivity contribution in [3.05, 3.63) is 23.0 Å². The van der Waals surface area contributed by atoms with Gasteiger partial charge in [0, 0.05) is 6.04 Å². The fourth-order valence-electron chi connectivity index (χ4n) is 2.57. The molecular weight excluding hydrogens is 222 g/mol. The van der Waals surface area contributed by atoms with Crippen LogP contribution < -0.4 is 5.32 Å². The molecule has 1 saturated carbocycles. The minimum Gasteiger partial charge on any atom is -0.317 e. The van der Waals surface area contributed by atoms with Crippen LogP contribution in [0.3, 0.4) is 0 Å². The van der Waals surface area contributed by atoms with Crippen LogP contribution in [0.1, 0.15) is 31.4 Å². The van der Waals surface area contributed by atoms with E-state index in [9.17, 15) is 0 Å². The molecule has 1 aromatic rings. The summed E-state index contributed by atoms with van der Waals surface area (Å²) in [5.41, 5.74) is 1.05. The Bertz CT molecular complexity index is 326. The molecule has 1 aliphatic rings. The number of rotatable bonds is 4. The predicted molar refractivity (Wildman–Crippen MR) is 65.6 cm³/mol. The van der Waals surface area contributed by atoms with E-state index in [1.165, 1.54) is 25.7 Å². The molecule has 1 aromatic heterocycles. The van der Waals surface area contributed by atoms with Crippen LogP contribution in [0.5, 0.6) is 0 Å². The smallest absolute Gasteiger partial charge is 0.151 e. The number of halogens is 1. The molecule has 1 N–H and O–H groups in total. The van der Waals surface area contributed by atoms with Crippen LogP contribution in [0.15, 0.2) is 12.1 Å². The van der Waals surface area contributed by atoms with E-state index in [2.05, 4.69) is 22.6 Å². The molecule has 0 bridgehead atoms. The van der Waals surface area contributed by atoms with Gasteiger partial charge in [0.2, 0.25) is 0 Å². The highest BCUT2D eigenvalue weighted by molar-refractivity contribution is 6.29. The zero-order valence-corrected chi connectivity index (χ0v) is 10.4. The maximum atomic E-state index is 5.70. The molecule has 1 unspecified atom stereocenters. The van der Waals surface area contributed by atoms with Gasteiger partial charge >= 0.3 is 0 Å². The first-order valence-corrected chi connectivity index (χ1v) is 6.33. The monoisotopic (exact) mass is 239 g/mol. The van der Waals surface area contributed by atoms with Gasteiger partial charge in [-0.1, -0.05) is 18.0 Å². The summed E-state index contributed by atoms with van der Waals surface area (Å²) in [7, 11) is 2.06. The summed E-state index contributed by atoms with van der Waals surface area (Å²) in [6.07, 6.45) is 6.21. The molecule has 2 atom stereocenters. The number of aromatic nitrogens is 2. The first-order chi connectivity index (χ1) is 7.79. The molecule has 0 radical (unpaired) electrons. The normalized spacial score (nSPS) is 24.9. The Kier molecular flexibility index (Phi) is 4.13. The van der Waals surface area contributed by atoms with Gasteiger partial charge in [0.05, 0.1) is 5.69 Å². The van der Waals surface area contributed by atoms with Gasteiger partial charge in [-0.25, -0.2) is 0 Å². The van der Waals surface area contributed by atoms with Crippen molar-refractivity contribution in [3.8, 4) is 0 Å². The van der Waals surface area contributed by atoms with E-state index < -0.39 is 0 Å². The van der Waals surface area contributed by atoms with Crippen molar-refractivity contribution in [1.82, 2.24) is 15.5 Å². The van der Waals surface area contributed by atoms with E-state index in [0.717, 1.165) is 18.0 Å². The van der Waals surface area contributed by atoms with Crippen molar-refractivity contribution in [2.24, 2.45) is 5.92 Å². The van der Waals surface area contributed by atoms with E-state index in [4.69, 9.17) is 11.6 Å². The minimum atomic E-state index is 0.470. The molecule has 0 saturated heterocycles. The second-order valence-electron chi connectivity index (χ2n) is 4.47. The largest absolute Gasteiger partial charge is 0.317 e. The molecular formula is C12H18ClN3. The number of nitrogens with zero attached hydrogens (tertiary/aromatic N) is 2. The van der Waals surface area contributed by atoms with E-state index >= 15 is 0 Å². The topological polar surface area (TPSA) is 37.8 Å². The molecule has 1 heterocycles. The van der Waals surface area contributed by atoms with Gasteiger partial charge in [-0.2, -0.15) is 5.10 Å². The van der Waals surface area contributed by atoms with Gasteiger partial charge in [0.15, 0.2) is 5.15 Å². The molecule has 4 heteroatoms. The molecule has 16 heavy (non-hydrogen) atoms. The highest BCUT2D eigenvalue weighted by atomic mass is 35.5.